The fourth-order valence-corrected chi connectivity index (χ4v) is 13.7. The van der Waals surface area contributed by atoms with Crippen LogP contribution in [0, 0.1) is 0 Å². The molecule has 0 radical (unpaired) electrons. The highest BCUT2D eigenvalue weighted by molar-refractivity contribution is 6.88. The predicted octanol–water partition coefficient (Wildman–Crippen LogP) is 19.0. The summed E-state index contributed by atoms with van der Waals surface area (Å²) in [6.45, 7) is 16.9. The van der Waals surface area contributed by atoms with Crippen LogP contribution in [-0.2, 0) is 5.41 Å². The van der Waals surface area contributed by atoms with E-state index in [1.54, 1.807) is 0 Å². The maximum atomic E-state index is 2.51. The van der Waals surface area contributed by atoms with E-state index in [0.29, 0.717) is 0 Å². The third-order valence-corrected chi connectivity index (χ3v) is 19.6. The second-order valence-corrected chi connectivity index (χ2v) is 30.5. The van der Waals surface area contributed by atoms with Crippen molar-refractivity contribution in [2.75, 3.05) is 9.80 Å². The minimum Gasteiger partial charge on any atom is -0.310 e. The largest absolute Gasteiger partial charge is 0.310 e. The van der Waals surface area contributed by atoms with Gasteiger partial charge >= 0.3 is 0 Å². The molecule has 1 aliphatic rings. The Morgan fingerprint density at radius 2 is 0.750 bits per heavy atom. The van der Waals surface area contributed by atoms with Crippen LogP contribution in [0.1, 0.15) is 25.0 Å². The van der Waals surface area contributed by atoms with Crippen molar-refractivity contribution < 1.29 is 0 Å². The van der Waals surface area contributed by atoms with Gasteiger partial charge in [-0.05, 0) is 139 Å². The molecular formula is C72H64N2Si2. The molecule has 1 aliphatic carbocycles. The van der Waals surface area contributed by atoms with E-state index < -0.39 is 16.9 Å². The van der Waals surface area contributed by atoms with Crippen molar-refractivity contribution in [1.29, 1.82) is 0 Å². The third-order valence-electron chi connectivity index (χ3n) is 15.8. The first-order valence-electron chi connectivity index (χ1n) is 26.9. The molecule has 370 valence electrons. The molecule has 0 aromatic heterocycles. The lowest BCUT2D eigenvalue weighted by Gasteiger charge is -2.31. The first-order valence-corrected chi connectivity index (χ1v) is 33.3. The molecule has 0 aliphatic heterocycles. The maximum Gasteiger partial charge on any atom is 0.0775 e. The zero-order valence-corrected chi connectivity index (χ0v) is 46.9. The molecule has 11 aromatic rings. The molecule has 0 fully saturated rings. The average molecular weight is 1010 g/mol. The molecule has 0 saturated carbocycles. The van der Waals surface area contributed by atoms with Gasteiger partial charge in [-0.1, -0.05) is 245 Å². The van der Waals surface area contributed by atoms with E-state index in [9.17, 15) is 0 Å². The molecule has 0 spiro atoms. The highest BCUT2D eigenvalue weighted by Crippen LogP contribution is 2.56. The van der Waals surface area contributed by atoms with Crippen molar-refractivity contribution in [2.24, 2.45) is 0 Å². The van der Waals surface area contributed by atoms with Crippen LogP contribution >= 0.6 is 0 Å². The monoisotopic (exact) mass is 1010 g/mol. The Balaban J connectivity index is 1.02. The molecule has 0 saturated heterocycles. The number of hydrogen-bond acceptors (Lipinski definition) is 2. The van der Waals surface area contributed by atoms with Crippen molar-refractivity contribution in [3.05, 3.63) is 266 Å². The van der Waals surface area contributed by atoms with Gasteiger partial charge in [0.15, 0.2) is 0 Å². The summed E-state index contributed by atoms with van der Waals surface area (Å²) in [5.41, 5.74) is 21.3. The SMILES string of the molecule is C[SiH](C)c1ccc(-c2cccc(N(c3cccc(-c4ccccc4)c3)c3ccc4c(c3)C(C)(C)c3cc(N(c5cccc(-c6ccccc6)c5)c5cccc(-c6ccc([Si](C)(C)C)cc6)c5)c5ccccc5c3-4)c2)cc1. The lowest BCUT2D eigenvalue weighted by molar-refractivity contribution is 0.661. The van der Waals surface area contributed by atoms with Crippen molar-refractivity contribution >= 4 is 72.1 Å². The molecule has 0 N–H and O–H groups in total. The first kappa shape index (κ1) is 48.6. The number of rotatable bonds is 12. The first-order chi connectivity index (χ1) is 36.9. The van der Waals surface area contributed by atoms with Crippen LogP contribution in [0.15, 0.2) is 255 Å². The van der Waals surface area contributed by atoms with Crippen LogP contribution in [0.2, 0.25) is 32.7 Å². The van der Waals surface area contributed by atoms with Crippen molar-refractivity contribution in [1.82, 2.24) is 0 Å². The van der Waals surface area contributed by atoms with Gasteiger partial charge in [0, 0.05) is 39.2 Å². The van der Waals surface area contributed by atoms with Crippen LogP contribution in [0.3, 0.4) is 0 Å². The maximum absolute atomic E-state index is 2.51. The highest BCUT2D eigenvalue weighted by atomic mass is 28.3. The minimum absolute atomic E-state index is 0.349. The van der Waals surface area contributed by atoms with Gasteiger partial charge in [0.05, 0.1) is 22.6 Å². The van der Waals surface area contributed by atoms with Crippen LogP contribution in [-0.4, -0.2) is 16.9 Å². The second kappa shape index (κ2) is 19.8. The van der Waals surface area contributed by atoms with Crippen LogP contribution in [0.4, 0.5) is 34.1 Å². The third kappa shape index (κ3) is 9.12. The minimum atomic E-state index is -1.46. The zero-order chi connectivity index (χ0) is 52.1. The lowest BCUT2D eigenvalue weighted by Crippen LogP contribution is -2.37. The molecule has 0 amide bonds. The molecule has 4 heteroatoms. The fraction of sp³-hybridized carbons (Fsp3) is 0.111. The summed E-state index contributed by atoms with van der Waals surface area (Å²) in [5, 5.41) is 5.42. The number of fused-ring (bicyclic) bond motifs is 5. The summed E-state index contributed by atoms with van der Waals surface area (Å²) in [5.74, 6) is 0. The van der Waals surface area contributed by atoms with Gasteiger partial charge in [-0.15, -0.1) is 0 Å². The molecule has 11 aromatic carbocycles. The molecule has 0 atom stereocenters. The van der Waals surface area contributed by atoms with E-state index in [2.05, 4.69) is 311 Å². The summed E-state index contributed by atoms with van der Waals surface area (Å²) in [6.07, 6.45) is 0. The van der Waals surface area contributed by atoms with Gasteiger partial charge < -0.3 is 9.80 Å². The Morgan fingerprint density at radius 3 is 1.22 bits per heavy atom. The predicted molar refractivity (Wildman–Crippen MR) is 334 cm³/mol. The average Bonchev–Trinajstić information content (AvgIpc) is 3.70. The van der Waals surface area contributed by atoms with E-state index in [0.717, 1.165) is 34.1 Å². The van der Waals surface area contributed by atoms with Gasteiger partial charge in [-0.2, -0.15) is 0 Å². The molecule has 0 bridgehead atoms. The summed E-state index contributed by atoms with van der Waals surface area (Å²) >= 11 is 0. The smallest absolute Gasteiger partial charge is 0.0775 e. The lowest BCUT2D eigenvalue weighted by atomic mass is 9.81. The van der Waals surface area contributed by atoms with Crippen LogP contribution in [0.25, 0.3) is 66.4 Å². The van der Waals surface area contributed by atoms with Gasteiger partial charge in [0.2, 0.25) is 0 Å². The number of nitrogens with zero attached hydrogens (tertiary/aromatic N) is 2. The summed E-state index contributed by atoms with van der Waals surface area (Å²) in [4.78, 5) is 4.97. The summed E-state index contributed by atoms with van der Waals surface area (Å²) < 4.78 is 0. The zero-order valence-electron chi connectivity index (χ0n) is 44.7. The summed E-state index contributed by atoms with van der Waals surface area (Å²) in [7, 11) is -2.38. The standard InChI is InChI=1S/C72H64N2Si2/c1-72(2)68-48-62(73(58-28-16-24-54(44-58)50-20-10-8-11-21-50)59-29-17-26-56(45-59)52-34-39-63(40-35-52)75(3)4)38-43-67(68)71-66-33-15-14-32-65(66)70(49-69(71)72)74(60-30-18-25-55(46-60)51-22-12-9-13-23-51)61-31-19-27-57(47-61)53-36-41-64(42-37-53)76(5,6)7/h8-49,75H,1-7H3. The van der Waals surface area contributed by atoms with E-state index in [1.165, 1.54) is 87.9 Å². The van der Waals surface area contributed by atoms with Crippen molar-refractivity contribution in [2.45, 2.75) is 52.0 Å². The van der Waals surface area contributed by atoms with E-state index >= 15 is 0 Å². The Kier molecular flexibility index (Phi) is 12.7. The van der Waals surface area contributed by atoms with Gasteiger partial charge in [-0.3, -0.25) is 0 Å². The quantitative estimate of drug-likeness (QED) is 0.113. The van der Waals surface area contributed by atoms with Crippen LogP contribution < -0.4 is 20.2 Å². The Morgan fingerprint density at radius 1 is 0.342 bits per heavy atom. The molecule has 12 rings (SSSR count). The van der Waals surface area contributed by atoms with Gasteiger partial charge in [0.1, 0.15) is 0 Å². The van der Waals surface area contributed by atoms with Gasteiger partial charge in [0.25, 0.3) is 0 Å². The fourth-order valence-electron chi connectivity index (χ4n) is 11.5. The number of benzene rings is 11. The normalized spacial score (nSPS) is 12.6. The second-order valence-electron chi connectivity index (χ2n) is 22.4. The number of anilines is 6. The van der Waals surface area contributed by atoms with E-state index in [-0.39, 0.29) is 5.41 Å². The topological polar surface area (TPSA) is 6.48 Å². The summed E-state index contributed by atoms with van der Waals surface area (Å²) in [6, 6.07) is 95.2. The Hall–Kier alpha value is -8.29. The number of hydrogen-bond donors (Lipinski definition) is 0. The molecule has 76 heavy (non-hydrogen) atoms. The highest BCUT2D eigenvalue weighted by Gasteiger charge is 2.39. The Labute approximate surface area is 452 Å². The van der Waals surface area contributed by atoms with Crippen molar-refractivity contribution in [3.8, 4) is 55.6 Å². The van der Waals surface area contributed by atoms with E-state index in [1.807, 2.05) is 0 Å². The molecule has 2 nitrogen and oxygen atoms in total. The van der Waals surface area contributed by atoms with Crippen LogP contribution in [0.5, 0.6) is 0 Å². The van der Waals surface area contributed by atoms with Crippen molar-refractivity contribution in [3.63, 3.8) is 0 Å². The molecule has 0 heterocycles. The van der Waals surface area contributed by atoms with E-state index in [4.69, 9.17) is 0 Å². The molecular weight excluding hydrogens is 949 g/mol. The Bertz CT molecular complexity index is 3910. The molecule has 0 unspecified atom stereocenters. The van der Waals surface area contributed by atoms with Gasteiger partial charge in [-0.25, -0.2) is 0 Å².